The monoisotopic (exact) mass is 236 g/mol. The van der Waals surface area contributed by atoms with Crippen LogP contribution in [0.2, 0.25) is 0 Å². The van der Waals surface area contributed by atoms with Crippen molar-refractivity contribution >= 4 is 5.69 Å². The molecular formula is C14H24N2O. The second-order valence-electron chi connectivity index (χ2n) is 5.77. The van der Waals surface area contributed by atoms with Crippen LogP contribution < -0.4 is 4.90 Å². The minimum atomic E-state index is -0.505. The number of nitrogens with zero attached hydrogens (tertiary/aromatic N) is 2. The summed E-state index contributed by atoms with van der Waals surface area (Å²) in [6, 6.07) is 4.31. The summed E-state index contributed by atoms with van der Waals surface area (Å²) in [5.74, 6) is 0. The summed E-state index contributed by atoms with van der Waals surface area (Å²) in [4.78, 5) is 6.49. The van der Waals surface area contributed by atoms with Crippen molar-refractivity contribution in [3.63, 3.8) is 0 Å². The minimum absolute atomic E-state index is 0.220. The lowest BCUT2D eigenvalue weighted by molar-refractivity contribution is 0.194. The summed E-state index contributed by atoms with van der Waals surface area (Å²) in [5.41, 5.74) is 2.01. The average molecular weight is 236 g/mol. The first kappa shape index (κ1) is 14.0. The quantitative estimate of drug-likeness (QED) is 0.876. The second kappa shape index (κ2) is 5.05. The highest BCUT2D eigenvalue weighted by molar-refractivity contribution is 5.45. The first-order valence-corrected chi connectivity index (χ1v) is 6.10. The Morgan fingerprint density at radius 2 is 1.82 bits per heavy atom. The van der Waals surface area contributed by atoms with Gasteiger partial charge in [-0.1, -0.05) is 20.8 Å². The zero-order valence-corrected chi connectivity index (χ0v) is 11.7. The summed E-state index contributed by atoms with van der Waals surface area (Å²) in [7, 11) is 2.08. The number of hydrogen-bond donors (Lipinski definition) is 1. The van der Waals surface area contributed by atoms with Crippen LogP contribution in [0.25, 0.3) is 0 Å². The Balaban J connectivity index is 2.87. The van der Waals surface area contributed by atoms with Crippen LogP contribution in [0, 0.1) is 5.41 Å². The molecule has 0 aliphatic carbocycles. The van der Waals surface area contributed by atoms with Gasteiger partial charge < -0.3 is 10.0 Å². The van der Waals surface area contributed by atoms with E-state index >= 15 is 0 Å². The Bertz CT molecular complexity index is 351. The van der Waals surface area contributed by atoms with E-state index in [0.717, 1.165) is 5.69 Å². The molecule has 0 aliphatic heterocycles. The van der Waals surface area contributed by atoms with Gasteiger partial charge in [0, 0.05) is 13.1 Å². The zero-order valence-electron chi connectivity index (χ0n) is 11.7. The van der Waals surface area contributed by atoms with E-state index in [0.29, 0.717) is 11.7 Å². The molecule has 0 bridgehead atoms. The first-order chi connectivity index (χ1) is 7.73. The summed E-state index contributed by atoms with van der Waals surface area (Å²) in [5, 5.41) is 9.42. The van der Waals surface area contributed by atoms with E-state index in [9.17, 15) is 5.11 Å². The average Bonchev–Trinajstić information content (AvgIpc) is 2.26. The predicted octanol–water partition coefficient (Wildman–Crippen LogP) is 3.01. The lowest BCUT2D eigenvalue weighted by atomic mass is 9.87. The third-order valence-corrected chi connectivity index (χ3v) is 3.44. The topological polar surface area (TPSA) is 36.4 Å². The molecule has 0 aliphatic rings. The molecule has 0 amide bonds. The van der Waals surface area contributed by atoms with Crippen molar-refractivity contribution in [1.82, 2.24) is 4.98 Å². The van der Waals surface area contributed by atoms with Gasteiger partial charge in [0.15, 0.2) is 0 Å². The standard InChI is InChI=1S/C14H24N2O/c1-10(17)13-8-7-12(9-15-13)16(6)11(2)14(3,4)5/h7-11,17H,1-6H3/t10-,11?/m1/s1. The fourth-order valence-electron chi connectivity index (χ4n) is 1.66. The molecule has 2 atom stereocenters. The van der Waals surface area contributed by atoms with Gasteiger partial charge in [0.2, 0.25) is 0 Å². The van der Waals surface area contributed by atoms with Gasteiger partial charge in [-0.3, -0.25) is 4.98 Å². The van der Waals surface area contributed by atoms with Gasteiger partial charge in [0.25, 0.3) is 0 Å². The first-order valence-electron chi connectivity index (χ1n) is 6.10. The number of aromatic nitrogens is 1. The minimum Gasteiger partial charge on any atom is -0.387 e. The van der Waals surface area contributed by atoms with Crippen molar-refractivity contribution < 1.29 is 5.11 Å². The second-order valence-corrected chi connectivity index (χ2v) is 5.77. The van der Waals surface area contributed by atoms with Crippen LogP contribution in [0.15, 0.2) is 18.3 Å². The van der Waals surface area contributed by atoms with Crippen molar-refractivity contribution in [2.45, 2.75) is 46.8 Å². The summed E-state index contributed by atoms with van der Waals surface area (Å²) in [6.45, 7) is 10.6. The van der Waals surface area contributed by atoms with E-state index < -0.39 is 6.10 Å². The number of aliphatic hydroxyl groups is 1. The molecule has 3 heteroatoms. The van der Waals surface area contributed by atoms with E-state index in [-0.39, 0.29) is 5.41 Å². The molecule has 17 heavy (non-hydrogen) atoms. The molecule has 0 saturated carbocycles. The molecule has 0 spiro atoms. The molecule has 96 valence electrons. The molecule has 0 fully saturated rings. The van der Waals surface area contributed by atoms with Gasteiger partial charge >= 0.3 is 0 Å². The maximum atomic E-state index is 9.42. The molecule has 1 N–H and O–H groups in total. The fourth-order valence-corrected chi connectivity index (χ4v) is 1.66. The molecule has 1 rings (SSSR count). The van der Waals surface area contributed by atoms with Gasteiger partial charge in [-0.05, 0) is 31.4 Å². The highest BCUT2D eigenvalue weighted by atomic mass is 16.3. The highest BCUT2D eigenvalue weighted by Crippen LogP contribution is 2.27. The van der Waals surface area contributed by atoms with E-state index in [1.54, 1.807) is 6.92 Å². The van der Waals surface area contributed by atoms with Crippen LogP contribution in [0.1, 0.15) is 46.4 Å². The molecule has 1 unspecified atom stereocenters. The third-order valence-electron chi connectivity index (χ3n) is 3.44. The fraction of sp³-hybridized carbons (Fsp3) is 0.643. The molecule has 1 aromatic rings. The third kappa shape index (κ3) is 3.43. The number of rotatable bonds is 3. The van der Waals surface area contributed by atoms with Crippen LogP contribution >= 0.6 is 0 Å². The molecular weight excluding hydrogens is 212 g/mol. The number of pyridine rings is 1. The van der Waals surface area contributed by atoms with Crippen LogP contribution in [0.3, 0.4) is 0 Å². The maximum absolute atomic E-state index is 9.42. The van der Waals surface area contributed by atoms with E-state index in [4.69, 9.17) is 0 Å². The van der Waals surface area contributed by atoms with Crippen molar-refractivity contribution in [3.8, 4) is 0 Å². The van der Waals surface area contributed by atoms with Crippen molar-refractivity contribution in [2.75, 3.05) is 11.9 Å². The van der Waals surface area contributed by atoms with Crippen LogP contribution in [0.4, 0.5) is 5.69 Å². The maximum Gasteiger partial charge on any atom is 0.0931 e. The van der Waals surface area contributed by atoms with Crippen LogP contribution in [-0.2, 0) is 0 Å². The molecule has 0 radical (unpaired) electrons. The smallest absolute Gasteiger partial charge is 0.0931 e. The number of hydrogen-bond acceptors (Lipinski definition) is 3. The number of anilines is 1. The zero-order chi connectivity index (χ0) is 13.2. The number of aliphatic hydroxyl groups excluding tert-OH is 1. The molecule has 1 heterocycles. The summed E-state index contributed by atoms with van der Waals surface area (Å²) in [6.07, 6.45) is 1.32. The van der Waals surface area contributed by atoms with Gasteiger partial charge in [0.05, 0.1) is 23.7 Å². The van der Waals surface area contributed by atoms with Gasteiger partial charge in [-0.2, -0.15) is 0 Å². The molecule has 3 nitrogen and oxygen atoms in total. The van der Waals surface area contributed by atoms with E-state index in [2.05, 4.69) is 44.6 Å². The van der Waals surface area contributed by atoms with Crippen molar-refractivity contribution in [1.29, 1.82) is 0 Å². The lowest BCUT2D eigenvalue weighted by Crippen LogP contribution is -2.39. The summed E-state index contributed by atoms with van der Waals surface area (Å²) >= 11 is 0. The Kier molecular flexibility index (Phi) is 4.15. The van der Waals surface area contributed by atoms with E-state index in [1.807, 2.05) is 18.3 Å². The molecule has 1 aromatic heterocycles. The Morgan fingerprint density at radius 3 is 2.18 bits per heavy atom. The van der Waals surface area contributed by atoms with Crippen molar-refractivity contribution in [2.24, 2.45) is 5.41 Å². The summed E-state index contributed by atoms with van der Waals surface area (Å²) < 4.78 is 0. The SMILES string of the molecule is CC(N(C)c1ccc([C@@H](C)O)nc1)C(C)(C)C. The Labute approximate surface area is 104 Å². The van der Waals surface area contributed by atoms with Gasteiger partial charge in [-0.15, -0.1) is 0 Å². The van der Waals surface area contributed by atoms with Crippen LogP contribution in [-0.4, -0.2) is 23.2 Å². The normalized spacial score (nSPS) is 15.5. The van der Waals surface area contributed by atoms with Gasteiger partial charge in [-0.25, -0.2) is 0 Å². The van der Waals surface area contributed by atoms with Crippen molar-refractivity contribution in [3.05, 3.63) is 24.0 Å². The Hall–Kier alpha value is -1.09. The van der Waals surface area contributed by atoms with Gasteiger partial charge in [0.1, 0.15) is 0 Å². The largest absolute Gasteiger partial charge is 0.387 e. The molecule has 0 saturated heterocycles. The lowest BCUT2D eigenvalue weighted by Gasteiger charge is -2.36. The van der Waals surface area contributed by atoms with E-state index in [1.165, 1.54) is 0 Å². The van der Waals surface area contributed by atoms with Crippen LogP contribution in [0.5, 0.6) is 0 Å². The Morgan fingerprint density at radius 1 is 1.24 bits per heavy atom. The highest BCUT2D eigenvalue weighted by Gasteiger charge is 2.24. The predicted molar refractivity (Wildman–Crippen MR) is 72.2 cm³/mol. The molecule has 0 aromatic carbocycles.